The maximum atomic E-state index is 10.8. The predicted molar refractivity (Wildman–Crippen MR) is 146 cm³/mol. The molecule has 12 nitrogen and oxygen atoms in total. The van der Waals surface area contributed by atoms with Crippen LogP contribution in [0.25, 0.3) is 22.2 Å². The Morgan fingerprint density at radius 2 is 2.05 bits per heavy atom. The van der Waals surface area contributed by atoms with E-state index in [2.05, 4.69) is 43.0 Å². The number of nitrogens with two attached hydrogens (primary N) is 1. The molecule has 12 heteroatoms. The molecular formula is C28H33N9O3. The van der Waals surface area contributed by atoms with Crippen molar-refractivity contribution >= 4 is 28.0 Å². The van der Waals surface area contributed by atoms with Crippen LogP contribution in [-0.2, 0) is 16.6 Å². The molecule has 5 N–H and O–H groups in total. The minimum absolute atomic E-state index is 0.254. The van der Waals surface area contributed by atoms with E-state index in [-0.39, 0.29) is 11.2 Å². The number of nitrogen functional groups attached to an aromatic ring is 1. The van der Waals surface area contributed by atoms with E-state index in [1.165, 1.54) is 12.7 Å². The van der Waals surface area contributed by atoms with Crippen LogP contribution in [0, 0.1) is 17.2 Å². The zero-order valence-electron chi connectivity index (χ0n) is 22.3. The molecule has 1 saturated heterocycles. The molecule has 0 unspecified atom stereocenters. The number of hydrogen-bond acceptors (Lipinski definition) is 10. The first-order valence-corrected chi connectivity index (χ1v) is 13.9. The van der Waals surface area contributed by atoms with Gasteiger partial charge in [-0.1, -0.05) is 6.07 Å². The minimum Gasteiger partial charge on any atom is -0.387 e. The molecule has 0 bridgehead atoms. The van der Waals surface area contributed by atoms with Crippen molar-refractivity contribution in [3.05, 3.63) is 42.2 Å². The molecule has 1 aliphatic heterocycles. The van der Waals surface area contributed by atoms with Gasteiger partial charge in [0.15, 0.2) is 17.7 Å². The smallest absolute Gasteiger partial charge is 0.167 e. The van der Waals surface area contributed by atoms with Gasteiger partial charge in [0.05, 0.1) is 28.8 Å². The van der Waals surface area contributed by atoms with Crippen LogP contribution in [0.5, 0.6) is 0 Å². The highest BCUT2D eigenvalue weighted by Gasteiger charge is 2.46. The number of imidazole rings is 2. The van der Waals surface area contributed by atoms with E-state index in [1.54, 1.807) is 4.57 Å². The van der Waals surface area contributed by atoms with Gasteiger partial charge < -0.3 is 30.6 Å². The number of ether oxygens (including phenoxy) is 1. The molecule has 3 aliphatic rings. The van der Waals surface area contributed by atoms with Gasteiger partial charge in [-0.2, -0.15) is 5.26 Å². The SMILES string of the molecule is CN(C[C@H]1O[C@@H](n2cnc3c(N)ncnc32)[C@H](O)[C@@H]1O)[C@H]1C[C@H](CCc2nc3cc(C4(C#N)CC4)ccc3[nH]2)C1. The van der Waals surface area contributed by atoms with E-state index < -0.39 is 24.5 Å². The first-order valence-electron chi connectivity index (χ1n) is 13.9. The third-order valence-corrected chi connectivity index (χ3v) is 9.14. The lowest BCUT2D eigenvalue weighted by atomic mass is 9.76. The molecule has 3 fully saturated rings. The van der Waals surface area contributed by atoms with Gasteiger partial charge >= 0.3 is 0 Å². The third kappa shape index (κ3) is 4.21. The number of H-pyrrole nitrogens is 1. The van der Waals surface area contributed by atoms with Crippen molar-refractivity contribution in [3.63, 3.8) is 0 Å². The first kappa shape index (κ1) is 25.3. The Kier molecular flexibility index (Phi) is 6.01. The highest BCUT2D eigenvalue weighted by molar-refractivity contribution is 5.81. The molecule has 2 saturated carbocycles. The highest BCUT2D eigenvalue weighted by atomic mass is 16.6. The summed E-state index contributed by atoms with van der Waals surface area (Å²) < 4.78 is 7.72. The summed E-state index contributed by atoms with van der Waals surface area (Å²) in [6.45, 7) is 0.506. The number of likely N-dealkylation sites (N-methyl/N-ethyl adjacent to an activating group) is 1. The third-order valence-electron chi connectivity index (χ3n) is 9.14. The van der Waals surface area contributed by atoms with Crippen molar-refractivity contribution < 1.29 is 14.9 Å². The van der Waals surface area contributed by atoms with Gasteiger partial charge in [0.25, 0.3) is 0 Å². The molecule has 7 rings (SSSR count). The molecular weight excluding hydrogens is 510 g/mol. The van der Waals surface area contributed by atoms with Gasteiger partial charge in [0.1, 0.15) is 36.0 Å². The van der Waals surface area contributed by atoms with Gasteiger partial charge in [-0.25, -0.2) is 19.9 Å². The molecule has 1 aromatic carbocycles. The maximum absolute atomic E-state index is 10.8. The number of hydrogen-bond donors (Lipinski definition) is 4. The summed E-state index contributed by atoms with van der Waals surface area (Å²) in [5.41, 5.74) is 9.53. The number of nitrogens with zero attached hydrogens (tertiary/aromatic N) is 7. The molecule has 0 radical (unpaired) electrons. The normalized spacial score (nSPS) is 29.2. The lowest BCUT2D eigenvalue weighted by Crippen LogP contribution is -2.47. The number of rotatable bonds is 8. The van der Waals surface area contributed by atoms with Crippen molar-refractivity contribution in [3.8, 4) is 6.07 Å². The fraction of sp³-hybridized carbons (Fsp3) is 0.536. The van der Waals surface area contributed by atoms with E-state index in [0.717, 1.165) is 60.9 Å². The summed E-state index contributed by atoms with van der Waals surface area (Å²) >= 11 is 0. The summed E-state index contributed by atoms with van der Waals surface area (Å²) in [6, 6.07) is 9.04. The molecule has 40 heavy (non-hydrogen) atoms. The van der Waals surface area contributed by atoms with Gasteiger partial charge in [-0.15, -0.1) is 0 Å². The van der Waals surface area contributed by atoms with Crippen LogP contribution >= 0.6 is 0 Å². The average Bonchev–Trinajstić information content (AvgIpc) is 3.30. The number of aliphatic hydroxyl groups excluding tert-OH is 2. The Morgan fingerprint density at radius 3 is 2.83 bits per heavy atom. The van der Waals surface area contributed by atoms with E-state index >= 15 is 0 Å². The van der Waals surface area contributed by atoms with Crippen molar-refractivity contribution in [2.24, 2.45) is 5.92 Å². The van der Waals surface area contributed by atoms with E-state index in [9.17, 15) is 15.5 Å². The summed E-state index contributed by atoms with van der Waals surface area (Å²) in [6.07, 6.45) is 5.31. The van der Waals surface area contributed by atoms with Crippen molar-refractivity contribution in [1.82, 2.24) is 34.4 Å². The zero-order valence-corrected chi connectivity index (χ0v) is 22.3. The number of aromatic nitrogens is 6. The predicted octanol–water partition coefficient (Wildman–Crippen LogP) is 1.80. The second-order valence-electron chi connectivity index (χ2n) is 11.7. The number of benzene rings is 1. The van der Waals surface area contributed by atoms with Gasteiger partial charge in [0, 0.05) is 19.0 Å². The van der Waals surface area contributed by atoms with Crippen LogP contribution in [0.3, 0.4) is 0 Å². The lowest BCUT2D eigenvalue weighted by Gasteiger charge is -2.42. The second-order valence-corrected chi connectivity index (χ2v) is 11.7. The Hall–Kier alpha value is -3.63. The topological polar surface area (TPSA) is 175 Å². The molecule has 208 valence electrons. The summed E-state index contributed by atoms with van der Waals surface area (Å²) in [5, 5.41) is 31.0. The quantitative estimate of drug-likeness (QED) is 0.256. The summed E-state index contributed by atoms with van der Waals surface area (Å²) in [4.78, 5) is 22.9. The van der Waals surface area contributed by atoms with Gasteiger partial charge in [-0.05, 0) is 62.8 Å². The number of aliphatic hydroxyl groups is 2. The first-order chi connectivity index (χ1) is 19.3. The monoisotopic (exact) mass is 543 g/mol. The van der Waals surface area contributed by atoms with E-state index in [4.69, 9.17) is 15.5 Å². The zero-order chi connectivity index (χ0) is 27.6. The molecule has 4 atom stereocenters. The van der Waals surface area contributed by atoms with Crippen LogP contribution in [0.2, 0.25) is 0 Å². The van der Waals surface area contributed by atoms with E-state index in [0.29, 0.717) is 29.7 Å². The Bertz CT molecular complexity index is 1600. The Balaban J connectivity index is 0.920. The number of nitriles is 1. The Labute approximate surface area is 230 Å². The summed E-state index contributed by atoms with van der Waals surface area (Å²) in [7, 11) is 2.04. The van der Waals surface area contributed by atoms with E-state index in [1.807, 2.05) is 13.1 Å². The minimum atomic E-state index is -1.12. The van der Waals surface area contributed by atoms with Gasteiger partial charge in [-0.3, -0.25) is 4.57 Å². The second kappa shape index (κ2) is 9.49. The number of fused-ring (bicyclic) bond motifs is 2. The van der Waals surface area contributed by atoms with Crippen LogP contribution in [0.1, 0.15) is 49.7 Å². The molecule has 4 heterocycles. The molecule has 0 amide bonds. The lowest BCUT2D eigenvalue weighted by molar-refractivity contribution is -0.0514. The van der Waals surface area contributed by atoms with Crippen molar-refractivity contribution in [1.29, 1.82) is 5.26 Å². The largest absolute Gasteiger partial charge is 0.387 e. The van der Waals surface area contributed by atoms with Crippen LogP contribution in [0.4, 0.5) is 5.82 Å². The highest BCUT2D eigenvalue weighted by Crippen LogP contribution is 2.48. The standard InChI is InChI=1S/C28H33N9O3/c1-36(11-20-23(38)24(39)27(40-20)37-14-33-22-25(30)31-13-32-26(22)37)17-8-15(9-17)2-5-21-34-18-4-3-16(10-19(18)35-21)28(12-29)6-7-28/h3-4,10,13-15,17,20,23-24,27,38-39H,2,5-9,11H2,1H3,(H,34,35)(H2,30,31,32)/t15-,17-,20-,23-,24-,27-/m1/s1. The van der Waals surface area contributed by atoms with Crippen LogP contribution in [0.15, 0.2) is 30.9 Å². The molecule has 2 aliphatic carbocycles. The molecule has 3 aromatic heterocycles. The van der Waals surface area contributed by atoms with Crippen LogP contribution in [-0.4, -0.2) is 82.5 Å². The van der Waals surface area contributed by atoms with Crippen LogP contribution < -0.4 is 5.73 Å². The number of nitrogens with one attached hydrogen (secondary N) is 1. The van der Waals surface area contributed by atoms with Crippen molar-refractivity contribution in [2.75, 3.05) is 19.3 Å². The summed E-state index contributed by atoms with van der Waals surface area (Å²) in [5.74, 6) is 1.86. The molecule has 0 spiro atoms. The number of aromatic amines is 1. The Morgan fingerprint density at radius 1 is 1.23 bits per heavy atom. The average molecular weight is 544 g/mol. The molecule has 4 aromatic rings. The fourth-order valence-electron chi connectivity index (χ4n) is 6.30. The van der Waals surface area contributed by atoms with Gasteiger partial charge in [0.2, 0.25) is 0 Å². The maximum Gasteiger partial charge on any atom is 0.167 e. The number of anilines is 1. The number of aryl methyl sites for hydroxylation is 1. The fourth-order valence-corrected chi connectivity index (χ4v) is 6.30. The van der Waals surface area contributed by atoms with Crippen molar-refractivity contribution in [2.45, 2.75) is 74.5 Å².